The summed E-state index contributed by atoms with van der Waals surface area (Å²) >= 11 is 3.02. The molecule has 0 aliphatic carbocycles. The zero-order valence-corrected chi connectivity index (χ0v) is 15.8. The summed E-state index contributed by atoms with van der Waals surface area (Å²) in [6.07, 6.45) is 0. The van der Waals surface area contributed by atoms with Gasteiger partial charge in [0.05, 0.1) is 11.4 Å². The Balaban J connectivity index is 1.93. The number of fused-ring (bicyclic) bond motifs is 1. The first kappa shape index (κ1) is 17.7. The molecule has 2 heterocycles. The second-order valence-electron chi connectivity index (χ2n) is 5.68. The maximum Gasteiger partial charge on any atom is 0.263 e. The molecule has 0 atom stereocenters. The van der Waals surface area contributed by atoms with Crippen molar-refractivity contribution in [2.75, 3.05) is 0 Å². The van der Waals surface area contributed by atoms with Crippen molar-refractivity contribution in [3.8, 4) is 0 Å². The maximum absolute atomic E-state index is 12.8. The van der Waals surface area contributed by atoms with E-state index in [0.29, 0.717) is 22.8 Å². The van der Waals surface area contributed by atoms with E-state index in [1.54, 1.807) is 28.0 Å². The SMILES string of the molecule is CCn1c(SCc2ccc(C(=O)[O-])cc2)nc2sc(C)c(C)c2c1=O. The summed E-state index contributed by atoms with van der Waals surface area (Å²) in [5, 5.41) is 12.2. The van der Waals surface area contributed by atoms with Crippen molar-refractivity contribution in [2.24, 2.45) is 0 Å². The minimum atomic E-state index is -1.19. The number of hydrogen-bond donors (Lipinski definition) is 0. The van der Waals surface area contributed by atoms with E-state index < -0.39 is 5.97 Å². The average Bonchev–Trinajstić information content (AvgIpc) is 2.88. The van der Waals surface area contributed by atoms with Crippen LogP contribution >= 0.6 is 23.1 Å². The molecule has 5 nitrogen and oxygen atoms in total. The minimum absolute atomic E-state index is 0.00384. The molecule has 0 saturated heterocycles. The maximum atomic E-state index is 12.8. The van der Waals surface area contributed by atoms with Crippen LogP contribution in [0.2, 0.25) is 0 Å². The predicted molar refractivity (Wildman–Crippen MR) is 99.4 cm³/mol. The molecule has 0 N–H and O–H groups in total. The molecule has 0 saturated carbocycles. The van der Waals surface area contributed by atoms with Crippen LogP contribution in [-0.2, 0) is 12.3 Å². The van der Waals surface area contributed by atoms with E-state index in [9.17, 15) is 14.7 Å². The molecule has 0 aliphatic heterocycles. The number of hydrogen-bond acceptors (Lipinski definition) is 6. The summed E-state index contributed by atoms with van der Waals surface area (Å²) in [5.74, 6) is -0.580. The van der Waals surface area contributed by atoms with Gasteiger partial charge in [-0.25, -0.2) is 4.98 Å². The number of thiophene rings is 1. The Morgan fingerprint density at radius 2 is 1.96 bits per heavy atom. The fraction of sp³-hybridized carbons (Fsp3) is 0.278. The first-order valence-corrected chi connectivity index (χ1v) is 9.66. The highest BCUT2D eigenvalue weighted by Crippen LogP contribution is 2.29. The number of thioether (sulfide) groups is 1. The summed E-state index contributed by atoms with van der Waals surface area (Å²) in [5.41, 5.74) is 2.13. The summed E-state index contributed by atoms with van der Waals surface area (Å²) in [4.78, 5) is 30.2. The third-order valence-corrected chi connectivity index (χ3v) is 6.28. The van der Waals surface area contributed by atoms with Gasteiger partial charge < -0.3 is 9.90 Å². The highest BCUT2D eigenvalue weighted by atomic mass is 32.2. The molecule has 0 fully saturated rings. The van der Waals surface area contributed by atoms with Crippen molar-refractivity contribution >= 4 is 39.3 Å². The molecule has 0 aliphatic rings. The number of aryl methyl sites for hydroxylation is 2. The van der Waals surface area contributed by atoms with Crippen molar-refractivity contribution in [3.05, 3.63) is 56.2 Å². The zero-order valence-electron chi connectivity index (χ0n) is 14.2. The number of carboxylic acid groups (broad SMARTS) is 1. The molecule has 2 aromatic heterocycles. The first-order chi connectivity index (χ1) is 11.9. The molecule has 0 amide bonds. The van der Waals surface area contributed by atoms with Crippen LogP contribution < -0.4 is 10.7 Å². The third-order valence-electron chi connectivity index (χ3n) is 4.13. The predicted octanol–water partition coefficient (Wildman–Crippen LogP) is 2.75. The van der Waals surface area contributed by atoms with Crippen molar-refractivity contribution in [1.29, 1.82) is 0 Å². The van der Waals surface area contributed by atoms with Crippen LogP contribution in [-0.4, -0.2) is 15.5 Å². The summed E-state index contributed by atoms with van der Waals surface area (Å²) < 4.78 is 1.70. The van der Waals surface area contributed by atoms with E-state index in [4.69, 9.17) is 0 Å². The largest absolute Gasteiger partial charge is 0.545 e. The number of aromatic carboxylic acids is 1. The molecule has 0 spiro atoms. The smallest absolute Gasteiger partial charge is 0.263 e. The Kier molecular flexibility index (Phi) is 4.96. The first-order valence-electron chi connectivity index (χ1n) is 7.86. The van der Waals surface area contributed by atoms with Gasteiger partial charge >= 0.3 is 0 Å². The van der Waals surface area contributed by atoms with E-state index in [1.165, 1.54) is 23.9 Å². The zero-order chi connectivity index (χ0) is 18.1. The van der Waals surface area contributed by atoms with Gasteiger partial charge in [-0.1, -0.05) is 36.0 Å². The van der Waals surface area contributed by atoms with E-state index in [-0.39, 0.29) is 11.1 Å². The quantitative estimate of drug-likeness (QED) is 0.508. The van der Waals surface area contributed by atoms with Gasteiger partial charge in [0.1, 0.15) is 4.83 Å². The van der Waals surface area contributed by atoms with Crippen LogP contribution in [0.15, 0.2) is 34.2 Å². The molecule has 0 bridgehead atoms. The molecule has 7 heteroatoms. The Bertz CT molecular complexity index is 1000. The second kappa shape index (κ2) is 7.01. The highest BCUT2D eigenvalue weighted by Gasteiger charge is 2.16. The number of nitrogens with zero attached hydrogens (tertiary/aromatic N) is 2. The lowest BCUT2D eigenvalue weighted by atomic mass is 10.1. The minimum Gasteiger partial charge on any atom is -0.545 e. The van der Waals surface area contributed by atoms with Gasteiger partial charge in [0.15, 0.2) is 5.16 Å². The van der Waals surface area contributed by atoms with Gasteiger partial charge in [0.25, 0.3) is 5.56 Å². The lowest BCUT2D eigenvalue weighted by Crippen LogP contribution is -2.22. The fourth-order valence-electron chi connectivity index (χ4n) is 2.58. The van der Waals surface area contributed by atoms with Crippen molar-refractivity contribution in [3.63, 3.8) is 0 Å². The van der Waals surface area contributed by atoms with Crippen LogP contribution in [0, 0.1) is 13.8 Å². The molecule has 3 rings (SSSR count). The van der Waals surface area contributed by atoms with Crippen LogP contribution in [0.3, 0.4) is 0 Å². The molecule has 130 valence electrons. The molecular weight excluding hydrogens is 356 g/mol. The number of benzene rings is 1. The van der Waals surface area contributed by atoms with Crippen molar-refractivity contribution in [1.82, 2.24) is 9.55 Å². The third kappa shape index (κ3) is 3.34. The lowest BCUT2D eigenvalue weighted by Gasteiger charge is -2.10. The average molecular weight is 373 g/mol. The Morgan fingerprint density at radius 3 is 2.56 bits per heavy atom. The standard InChI is InChI=1S/C18H18N2O3S2/c1-4-20-16(21)14-10(2)11(3)25-15(14)19-18(20)24-9-12-5-7-13(8-6-12)17(22)23/h5-8H,4,9H2,1-3H3,(H,22,23)/p-1. The van der Waals surface area contributed by atoms with E-state index >= 15 is 0 Å². The topological polar surface area (TPSA) is 75.0 Å². The van der Waals surface area contributed by atoms with E-state index in [0.717, 1.165) is 20.8 Å². The highest BCUT2D eigenvalue weighted by molar-refractivity contribution is 7.98. The Labute approximate surface area is 153 Å². The Hall–Kier alpha value is -2.12. The number of aromatic nitrogens is 2. The summed E-state index contributed by atoms with van der Waals surface area (Å²) in [6.45, 7) is 6.45. The molecule has 0 radical (unpaired) electrons. The van der Waals surface area contributed by atoms with Gasteiger partial charge in [-0.2, -0.15) is 0 Å². The summed E-state index contributed by atoms with van der Waals surface area (Å²) in [7, 11) is 0. The monoisotopic (exact) mass is 373 g/mol. The van der Waals surface area contributed by atoms with Crippen LogP contribution in [0.5, 0.6) is 0 Å². The van der Waals surface area contributed by atoms with Crippen LogP contribution in [0.25, 0.3) is 10.2 Å². The van der Waals surface area contributed by atoms with Crippen LogP contribution in [0.1, 0.15) is 33.3 Å². The van der Waals surface area contributed by atoms with Gasteiger partial charge in [-0.05, 0) is 37.5 Å². The second-order valence-corrected chi connectivity index (χ2v) is 7.83. The molecule has 25 heavy (non-hydrogen) atoms. The van der Waals surface area contributed by atoms with Crippen LogP contribution in [0.4, 0.5) is 0 Å². The van der Waals surface area contributed by atoms with Gasteiger partial charge in [-0.3, -0.25) is 9.36 Å². The van der Waals surface area contributed by atoms with Crippen molar-refractivity contribution in [2.45, 2.75) is 38.2 Å². The van der Waals surface area contributed by atoms with E-state index in [2.05, 4.69) is 4.98 Å². The summed E-state index contributed by atoms with van der Waals surface area (Å²) in [6, 6.07) is 6.57. The van der Waals surface area contributed by atoms with Gasteiger partial charge in [0, 0.05) is 17.2 Å². The molecular formula is C18H17N2O3S2-. The molecule has 0 unspecified atom stereocenters. The number of carbonyl (C=O) groups excluding carboxylic acids is 1. The molecule has 3 aromatic rings. The number of carboxylic acids is 1. The van der Waals surface area contributed by atoms with Gasteiger partial charge in [-0.15, -0.1) is 11.3 Å². The van der Waals surface area contributed by atoms with Gasteiger partial charge in [0.2, 0.25) is 0 Å². The number of carbonyl (C=O) groups is 1. The van der Waals surface area contributed by atoms with Crippen molar-refractivity contribution < 1.29 is 9.90 Å². The normalized spacial score (nSPS) is 11.2. The Morgan fingerprint density at radius 1 is 1.28 bits per heavy atom. The lowest BCUT2D eigenvalue weighted by molar-refractivity contribution is -0.255. The fourth-order valence-corrected chi connectivity index (χ4v) is 4.67. The van der Waals surface area contributed by atoms with E-state index in [1.807, 2.05) is 20.8 Å². The number of rotatable bonds is 5. The molecule has 1 aromatic carbocycles.